The van der Waals surface area contributed by atoms with E-state index in [1.807, 2.05) is 20.8 Å². The summed E-state index contributed by atoms with van der Waals surface area (Å²) in [5.74, 6) is -0.340. The van der Waals surface area contributed by atoms with Gasteiger partial charge in [0.2, 0.25) is 0 Å². The summed E-state index contributed by atoms with van der Waals surface area (Å²) >= 11 is 0. The predicted molar refractivity (Wildman–Crippen MR) is 80.4 cm³/mol. The fraction of sp³-hybridized carbons (Fsp3) is 0.786. The largest absolute Gasteiger partial charge is 0.500 e. The molecule has 0 fully saturated rings. The van der Waals surface area contributed by atoms with E-state index in [9.17, 15) is 4.79 Å². The third kappa shape index (κ3) is 7.79. The lowest BCUT2D eigenvalue weighted by atomic mass is 10.3. The first-order valence-electron chi connectivity index (χ1n) is 7.25. The summed E-state index contributed by atoms with van der Waals surface area (Å²) in [4.78, 5) is 11.2. The summed E-state index contributed by atoms with van der Waals surface area (Å²) in [5, 5.41) is 0. The number of rotatable bonds is 12. The quantitative estimate of drug-likeness (QED) is 0.240. The minimum absolute atomic E-state index is 0.340. The topological polar surface area (TPSA) is 54.0 Å². The van der Waals surface area contributed by atoms with Crippen LogP contribution < -0.4 is 0 Å². The van der Waals surface area contributed by atoms with Crippen molar-refractivity contribution in [2.75, 3.05) is 26.4 Å². The lowest BCUT2D eigenvalue weighted by Gasteiger charge is -2.28. The molecule has 0 aromatic heterocycles. The minimum atomic E-state index is -2.55. The molecule has 0 saturated heterocycles. The van der Waals surface area contributed by atoms with Crippen molar-refractivity contribution in [1.29, 1.82) is 0 Å². The lowest BCUT2D eigenvalue weighted by Crippen LogP contribution is -2.45. The molecule has 0 atom stereocenters. The van der Waals surface area contributed by atoms with Crippen LogP contribution in [0.15, 0.2) is 12.2 Å². The molecular formula is C14H28O5Si. The van der Waals surface area contributed by atoms with Crippen LogP contribution in [-0.4, -0.2) is 41.2 Å². The van der Waals surface area contributed by atoms with E-state index >= 15 is 0 Å². The summed E-state index contributed by atoms with van der Waals surface area (Å²) in [6.45, 7) is 13.1. The molecule has 0 saturated carbocycles. The van der Waals surface area contributed by atoms with Gasteiger partial charge in [-0.3, -0.25) is 0 Å². The molecule has 0 radical (unpaired) electrons. The molecular weight excluding hydrogens is 276 g/mol. The van der Waals surface area contributed by atoms with Gasteiger partial charge in [-0.05, 0) is 40.5 Å². The number of esters is 1. The third-order valence-corrected chi connectivity index (χ3v) is 5.70. The summed E-state index contributed by atoms with van der Waals surface area (Å²) < 4.78 is 22.3. The van der Waals surface area contributed by atoms with Gasteiger partial charge in [0.25, 0.3) is 0 Å². The molecule has 118 valence electrons. The zero-order valence-electron chi connectivity index (χ0n) is 13.2. The first-order chi connectivity index (χ1) is 9.51. The number of carbonyl (C=O) groups is 1. The Labute approximate surface area is 123 Å². The maximum atomic E-state index is 11.2. The van der Waals surface area contributed by atoms with Crippen LogP contribution >= 0.6 is 0 Å². The van der Waals surface area contributed by atoms with Crippen LogP contribution in [0.5, 0.6) is 0 Å². The van der Waals surface area contributed by atoms with Crippen LogP contribution in [0.1, 0.15) is 40.5 Å². The highest BCUT2D eigenvalue weighted by Gasteiger charge is 2.39. The Morgan fingerprint density at radius 2 is 1.50 bits per heavy atom. The summed E-state index contributed by atoms with van der Waals surface area (Å²) in [6, 6.07) is 0.743. The van der Waals surface area contributed by atoms with Crippen LogP contribution in [0.4, 0.5) is 0 Å². The van der Waals surface area contributed by atoms with E-state index in [0.29, 0.717) is 32.0 Å². The molecule has 0 amide bonds. The summed E-state index contributed by atoms with van der Waals surface area (Å²) in [7, 11) is -2.55. The van der Waals surface area contributed by atoms with Gasteiger partial charge >= 0.3 is 14.8 Å². The Morgan fingerprint density at radius 1 is 1.00 bits per heavy atom. The molecule has 0 bridgehead atoms. The van der Waals surface area contributed by atoms with Crippen LogP contribution in [0.3, 0.4) is 0 Å². The van der Waals surface area contributed by atoms with Crippen molar-refractivity contribution in [2.24, 2.45) is 0 Å². The molecule has 0 spiro atoms. The average Bonchev–Trinajstić information content (AvgIpc) is 2.39. The van der Waals surface area contributed by atoms with E-state index < -0.39 is 8.80 Å². The Bertz CT molecular complexity index is 276. The van der Waals surface area contributed by atoms with Gasteiger partial charge in [-0.1, -0.05) is 6.58 Å². The van der Waals surface area contributed by atoms with Crippen molar-refractivity contribution >= 4 is 14.8 Å². The summed E-state index contributed by atoms with van der Waals surface area (Å²) in [6.07, 6.45) is 1.61. The van der Waals surface area contributed by atoms with E-state index in [4.69, 9.17) is 18.0 Å². The van der Waals surface area contributed by atoms with Crippen LogP contribution in [0.2, 0.25) is 6.04 Å². The average molecular weight is 304 g/mol. The van der Waals surface area contributed by atoms with E-state index in [-0.39, 0.29) is 5.97 Å². The maximum absolute atomic E-state index is 11.2. The van der Waals surface area contributed by atoms with Gasteiger partial charge in [0.05, 0.1) is 6.61 Å². The maximum Gasteiger partial charge on any atom is 0.500 e. The smallest absolute Gasteiger partial charge is 0.462 e. The number of ether oxygens (including phenoxy) is 1. The fourth-order valence-electron chi connectivity index (χ4n) is 1.73. The molecule has 0 aliphatic carbocycles. The van der Waals surface area contributed by atoms with E-state index in [1.54, 1.807) is 6.92 Å². The molecule has 0 aliphatic rings. The van der Waals surface area contributed by atoms with Crippen LogP contribution in [0, 0.1) is 0 Å². The SMILES string of the molecule is C=C(C)C(=O)OCCCC[Si](OCC)(OCC)OCC. The van der Waals surface area contributed by atoms with Crippen molar-refractivity contribution in [3.8, 4) is 0 Å². The second-order valence-electron chi connectivity index (χ2n) is 4.36. The normalized spacial score (nSPS) is 11.4. The van der Waals surface area contributed by atoms with Crippen LogP contribution in [0.25, 0.3) is 0 Å². The molecule has 0 unspecified atom stereocenters. The van der Waals surface area contributed by atoms with Gasteiger partial charge in [-0.2, -0.15) is 0 Å². The number of hydrogen-bond donors (Lipinski definition) is 0. The molecule has 20 heavy (non-hydrogen) atoms. The van der Waals surface area contributed by atoms with Gasteiger partial charge in [-0.25, -0.2) is 4.79 Å². The second-order valence-corrected chi connectivity index (χ2v) is 7.09. The Kier molecular flexibility index (Phi) is 10.6. The number of carbonyl (C=O) groups excluding carboxylic acids is 1. The first-order valence-corrected chi connectivity index (χ1v) is 9.19. The summed E-state index contributed by atoms with van der Waals surface area (Å²) in [5.41, 5.74) is 0.423. The van der Waals surface area contributed by atoms with Gasteiger partial charge in [-0.15, -0.1) is 0 Å². The standard InChI is InChI=1S/C14H28O5Si/c1-6-17-20(18-7-2,19-8-3)12-10-9-11-16-14(15)13(4)5/h4,6-12H2,1-3,5H3. The monoisotopic (exact) mass is 304 g/mol. The first kappa shape index (κ1) is 19.3. The molecule has 5 nitrogen and oxygen atoms in total. The van der Waals surface area contributed by atoms with Gasteiger partial charge < -0.3 is 18.0 Å². The van der Waals surface area contributed by atoms with Crippen molar-refractivity contribution in [3.05, 3.63) is 12.2 Å². The zero-order chi connectivity index (χ0) is 15.4. The number of unbranched alkanes of at least 4 members (excludes halogenated alkanes) is 1. The Balaban J connectivity index is 4.12. The molecule has 0 N–H and O–H groups in total. The van der Waals surface area contributed by atoms with E-state index in [0.717, 1.165) is 18.9 Å². The second kappa shape index (κ2) is 11.0. The van der Waals surface area contributed by atoms with Crippen LogP contribution in [-0.2, 0) is 22.8 Å². The molecule has 0 aromatic rings. The Hall–Kier alpha value is -0.693. The van der Waals surface area contributed by atoms with Gasteiger partial charge in [0.15, 0.2) is 0 Å². The van der Waals surface area contributed by atoms with Crippen molar-refractivity contribution in [1.82, 2.24) is 0 Å². The molecule has 0 heterocycles. The highest BCUT2D eigenvalue weighted by molar-refractivity contribution is 6.60. The third-order valence-electron chi connectivity index (χ3n) is 2.55. The number of hydrogen-bond acceptors (Lipinski definition) is 5. The molecule has 0 aliphatic heterocycles. The highest BCUT2D eigenvalue weighted by atomic mass is 28.4. The fourth-order valence-corrected chi connectivity index (χ4v) is 4.42. The van der Waals surface area contributed by atoms with Crippen molar-refractivity contribution in [2.45, 2.75) is 46.6 Å². The van der Waals surface area contributed by atoms with Gasteiger partial charge in [0.1, 0.15) is 0 Å². The lowest BCUT2D eigenvalue weighted by molar-refractivity contribution is -0.139. The van der Waals surface area contributed by atoms with E-state index in [2.05, 4.69) is 6.58 Å². The molecule has 0 aromatic carbocycles. The molecule has 0 rings (SSSR count). The van der Waals surface area contributed by atoms with Gasteiger partial charge in [0, 0.05) is 31.4 Å². The molecule has 6 heteroatoms. The van der Waals surface area contributed by atoms with Crippen molar-refractivity contribution in [3.63, 3.8) is 0 Å². The Morgan fingerprint density at radius 3 is 1.90 bits per heavy atom. The van der Waals surface area contributed by atoms with Crippen molar-refractivity contribution < 1.29 is 22.8 Å². The highest BCUT2D eigenvalue weighted by Crippen LogP contribution is 2.19. The minimum Gasteiger partial charge on any atom is -0.462 e. The predicted octanol–water partition coefficient (Wildman–Crippen LogP) is 2.93. The zero-order valence-corrected chi connectivity index (χ0v) is 14.2. The van der Waals surface area contributed by atoms with E-state index in [1.165, 1.54) is 0 Å².